The van der Waals surface area contributed by atoms with E-state index < -0.39 is 67.2 Å². The molecular weight excluding hydrogens is 582 g/mol. The summed E-state index contributed by atoms with van der Waals surface area (Å²) in [5.74, 6) is -3.02. The number of esters is 3. The number of ether oxygens (including phenoxy) is 5. The van der Waals surface area contributed by atoms with Crippen molar-refractivity contribution in [3.8, 4) is 0 Å². The number of unbranched alkanes of at least 4 members (excludes halogenated alkanes) is 1. The Labute approximate surface area is 259 Å². The quantitative estimate of drug-likeness (QED) is 0.180. The van der Waals surface area contributed by atoms with E-state index in [2.05, 4.69) is 0 Å². The summed E-state index contributed by atoms with van der Waals surface area (Å²) in [6, 6.07) is 23.0. The Morgan fingerprint density at radius 3 is 1.80 bits per heavy atom. The smallest absolute Gasteiger partial charge is 0.419 e. The second-order valence-electron chi connectivity index (χ2n) is 10.3. The van der Waals surface area contributed by atoms with E-state index in [1.54, 1.807) is 72.8 Å². The number of fused-ring (bicyclic) bond motifs is 1. The first kappa shape index (κ1) is 31.1. The minimum absolute atomic E-state index is 0.173. The summed E-state index contributed by atoms with van der Waals surface area (Å²) < 4.78 is 28.8. The van der Waals surface area contributed by atoms with Gasteiger partial charge in [-0.25, -0.2) is 24.1 Å². The van der Waals surface area contributed by atoms with Gasteiger partial charge in [0.25, 0.3) is 5.91 Å². The molecule has 0 aromatic heterocycles. The number of amides is 2. The van der Waals surface area contributed by atoms with Crippen LogP contribution in [0.1, 0.15) is 50.8 Å². The highest BCUT2D eigenvalue weighted by molar-refractivity contribution is 6.00. The minimum Gasteiger partial charge on any atom is -0.459 e. The van der Waals surface area contributed by atoms with Gasteiger partial charge in [0.05, 0.1) is 16.7 Å². The molecule has 0 unspecified atom stereocenters. The standard InChI is InChI=1S/C34H31NO10/c1-2-3-7-20-26(36)35-27-29(44-32(39)24-18-12-6-13-19-24)28(43-31(38)23-16-10-5-11-17-23)25(42-33(27)45-34(35)40)21-41-30(37)22-14-8-4-9-15-22/h4-20,25,27-29,33H,2-3,21H2,1H3/b20-7+/t25-,27-,28-,29-,33-/m1/s1. The van der Waals surface area contributed by atoms with Crippen molar-refractivity contribution in [2.24, 2.45) is 0 Å². The van der Waals surface area contributed by atoms with Crippen molar-refractivity contribution in [3.05, 3.63) is 120 Å². The fraction of sp³-hybridized carbons (Fsp3) is 0.265. The van der Waals surface area contributed by atoms with Crippen LogP contribution in [0.25, 0.3) is 0 Å². The first-order chi connectivity index (χ1) is 21.9. The highest BCUT2D eigenvalue weighted by Gasteiger charge is 2.60. The molecule has 3 aromatic carbocycles. The monoisotopic (exact) mass is 613 g/mol. The van der Waals surface area contributed by atoms with Gasteiger partial charge in [0, 0.05) is 0 Å². The highest BCUT2D eigenvalue weighted by atomic mass is 16.7. The summed E-state index contributed by atoms with van der Waals surface area (Å²) in [6.07, 6.45) is -2.47. The molecule has 232 valence electrons. The topological polar surface area (TPSA) is 135 Å². The lowest BCUT2D eigenvalue weighted by molar-refractivity contribution is -0.240. The number of allylic oxidation sites excluding steroid dienone is 1. The zero-order valence-electron chi connectivity index (χ0n) is 24.4. The largest absolute Gasteiger partial charge is 0.459 e. The summed E-state index contributed by atoms with van der Waals surface area (Å²) in [5.41, 5.74) is 0.618. The molecule has 0 bridgehead atoms. The van der Waals surface area contributed by atoms with Gasteiger partial charge in [-0.3, -0.25) is 4.79 Å². The van der Waals surface area contributed by atoms with Crippen LogP contribution in [0.3, 0.4) is 0 Å². The molecule has 2 heterocycles. The Bertz CT molecular complexity index is 1540. The van der Waals surface area contributed by atoms with E-state index in [0.717, 1.165) is 11.3 Å². The Morgan fingerprint density at radius 1 is 0.756 bits per heavy atom. The van der Waals surface area contributed by atoms with E-state index in [1.165, 1.54) is 30.3 Å². The van der Waals surface area contributed by atoms with Gasteiger partial charge in [-0.15, -0.1) is 0 Å². The average molecular weight is 614 g/mol. The molecule has 11 heteroatoms. The number of rotatable bonds is 10. The van der Waals surface area contributed by atoms with Gasteiger partial charge in [0.2, 0.25) is 6.29 Å². The maximum atomic E-state index is 13.4. The van der Waals surface area contributed by atoms with Crippen molar-refractivity contribution in [2.45, 2.75) is 50.4 Å². The third-order valence-electron chi connectivity index (χ3n) is 7.17. The Kier molecular flexibility index (Phi) is 10.0. The van der Waals surface area contributed by atoms with Gasteiger partial charge in [0.1, 0.15) is 18.8 Å². The lowest BCUT2D eigenvalue weighted by atomic mass is 9.95. The normalized spacial score (nSPS) is 22.3. The molecule has 2 aliphatic rings. The summed E-state index contributed by atoms with van der Waals surface area (Å²) in [5, 5.41) is 0. The van der Waals surface area contributed by atoms with E-state index >= 15 is 0 Å². The molecule has 0 radical (unpaired) electrons. The summed E-state index contributed by atoms with van der Waals surface area (Å²) in [4.78, 5) is 66.7. The van der Waals surface area contributed by atoms with Gasteiger partial charge in [-0.05, 0) is 48.9 Å². The third-order valence-corrected chi connectivity index (χ3v) is 7.17. The van der Waals surface area contributed by atoms with Crippen molar-refractivity contribution >= 4 is 29.9 Å². The summed E-state index contributed by atoms with van der Waals surface area (Å²) >= 11 is 0. The molecule has 11 nitrogen and oxygen atoms in total. The molecule has 0 saturated carbocycles. The van der Waals surface area contributed by atoms with Crippen molar-refractivity contribution < 1.29 is 47.7 Å². The number of hydrogen-bond acceptors (Lipinski definition) is 10. The van der Waals surface area contributed by atoms with Crippen LogP contribution in [0, 0.1) is 0 Å². The van der Waals surface area contributed by atoms with Crippen LogP contribution in [-0.2, 0) is 28.5 Å². The molecule has 0 N–H and O–H groups in total. The van der Waals surface area contributed by atoms with Crippen LogP contribution < -0.4 is 0 Å². The molecule has 0 spiro atoms. The molecule has 2 amide bonds. The van der Waals surface area contributed by atoms with Gasteiger partial charge in [-0.2, -0.15) is 0 Å². The van der Waals surface area contributed by atoms with E-state index in [-0.39, 0.29) is 16.7 Å². The first-order valence-electron chi connectivity index (χ1n) is 14.5. The maximum absolute atomic E-state index is 13.4. The predicted molar refractivity (Wildman–Crippen MR) is 158 cm³/mol. The fourth-order valence-corrected chi connectivity index (χ4v) is 4.96. The Hall–Kier alpha value is -5.29. The van der Waals surface area contributed by atoms with Crippen LogP contribution in [0.2, 0.25) is 0 Å². The molecule has 3 aromatic rings. The van der Waals surface area contributed by atoms with Gasteiger partial charge < -0.3 is 23.7 Å². The van der Waals surface area contributed by atoms with Gasteiger partial charge in [0.15, 0.2) is 12.2 Å². The highest BCUT2D eigenvalue weighted by Crippen LogP contribution is 2.36. The van der Waals surface area contributed by atoms with E-state index in [1.807, 2.05) is 6.92 Å². The van der Waals surface area contributed by atoms with Gasteiger partial charge in [-0.1, -0.05) is 74.0 Å². The molecule has 0 aliphatic carbocycles. The SMILES string of the molecule is CCC/C=C/C(=O)N1C(=O)O[C@H]2O[C@H](COC(=O)c3ccccc3)[C@@H](OC(=O)c3ccccc3)[C@H](OC(=O)c3ccccc3)[C@H]21. The number of nitrogens with zero attached hydrogens (tertiary/aromatic N) is 1. The zero-order valence-corrected chi connectivity index (χ0v) is 24.4. The molecular formula is C34H31NO10. The summed E-state index contributed by atoms with van der Waals surface area (Å²) in [6.45, 7) is 1.46. The number of carbonyl (C=O) groups is 5. The second-order valence-corrected chi connectivity index (χ2v) is 10.3. The van der Waals surface area contributed by atoms with Crippen LogP contribution in [-0.4, -0.2) is 72.1 Å². The Balaban J connectivity index is 1.51. The molecule has 45 heavy (non-hydrogen) atoms. The van der Waals surface area contributed by atoms with E-state index in [9.17, 15) is 24.0 Å². The molecule has 2 aliphatic heterocycles. The van der Waals surface area contributed by atoms with E-state index in [4.69, 9.17) is 23.7 Å². The zero-order chi connectivity index (χ0) is 31.8. The number of carbonyl (C=O) groups excluding carboxylic acids is 5. The summed E-state index contributed by atoms with van der Waals surface area (Å²) in [7, 11) is 0. The fourth-order valence-electron chi connectivity index (χ4n) is 4.96. The number of hydrogen-bond donors (Lipinski definition) is 0. The predicted octanol–water partition coefficient (Wildman–Crippen LogP) is 4.72. The van der Waals surface area contributed by atoms with Crippen LogP contribution in [0.4, 0.5) is 4.79 Å². The lowest BCUT2D eigenvalue weighted by Gasteiger charge is -2.42. The van der Waals surface area contributed by atoms with Crippen LogP contribution in [0.5, 0.6) is 0 Å². The van der Waals surface area contributed by atoms with Gasteiger partial charge >= 0.3 is 24.0 Å². The maximum Gasteiger partial charge on any atom is 0.419 e. The molecule has 5 atom stereocenters. The van der Waals surface area contributed by atoms with E-state index in [0.29, 0.717) is 6.42 Å². The Morgan fingerprint density at radius 2 is 1.27 bits per heavy atom. The van der Waals surface area contributed by atoms with Crippen molar-refractivity contribution in [1.82, 2.24) is 4.90 Å². The number of imide groups is 1. The second kappa shape index (κ2) is 14.5. The molecule has 5 rings (SSSR count). The first-order valence-corrected chi connectivity index (χ1v) is 14.5. The van der Waals surface area contributed by atoms with Crippen molar-refractivity contribution in [3.63, 3.8) is 0 Å². The lowest BCUT2D eigenvalue weighted by Crippen LogP contribution is -2.64. The van der Waals surface area contributed by atoms with Crippen molar-refractivity contribution in [2.75, 3.05) is 6.61 Å². The average Bonchev–Trinajstić information content (AvgIpc) is 3.41. The third kappa shape index (κ3) is 7.27. The van der Waals surface area contributed by atoms with Crippen LogP contribution in [0.15, 0.2) is 103 Å². The molecule has 2 saturated heterocycles. The van der Waals surface area contributed by atoms with Crippen molar-refractivity contribution in [1.29, 1.82) is 0 Å². The number of benzene rings is 3. The molecule has 2 fully saturated rings. The minimum atomic E-state index is -1.47. The van der Waals surface area contributed by atoms with Crippen LogP contribution >= 0.6 is 0 Å².